The summed E-state index contributed by atoms with van der Waals surface area (Å²) in [5.74, 6) is -0.737. The quantitative estimate of drug-likeness (QED) is 0.861. The SMILES string of the molecule is CCN(C(=O)c1ccc(F)cn1)c1ccc(N)cc1. The summed E-state index contributed by atoms with van der Waals surface area (Å²) in [7, 11) is 0. The number of amides is 1. The van der Waals surface area contributed by atoms with E-state index < -0.39 is 5.82 Å². The second-order valence-corrected chi connectivity index (χ2v) is 4.00. The lowest BCUT2D eigenvalue weighted by Crippen LogP contribution is -2.31. The Morgan fingerprint density at radius 2 is 1.95 bits per heavy atom. The first kappa shape index (κ1) is 13.0. The van der Waals surface area contributed by atoms with Crippen molar-refractivity contribution < 1.29 is 9.18 Å². The standard InChI is InChI=1S/C14H14FN3O/c1-2-18(12-6-4-11(16)5-7-12)14(19)13-8-3-10(15)9-17-13/h3-9H,2,16H2,1H3. The van der Waals surface area contributed by atoms with E-state index >= 15 is 0 Å². The van der Waals surface area contributed by atoms with Gasteiger partial charge in [0.25, 0.3) is 5.91 Å². The highest BCUT2D eigenvalue weighted by molar-refractivity contribution is 6.04. The van der Waals surface area contributed by atoms with Gasteiger partial charge < -0.3 is 10.6 Å². The predicted molar refractivity (Wildman–Crippen MR) is 72.4 cm³/mol. The Morgan fingerprint density at radius 1 is 1.26 bits per heavy atom. The van der Waals surface area contributed by atoms with Crippen LogP contribution in [0.5, 0.6) is 0 Å². The summed E-state index contributed by atoms with van der Waals surface area (Å²) in [4.78, 5) is 17.6. The van der Waals surface area contributed by atoms with E-state index in [0.717, 1.165) is 11.9 Å². The van der Waals surface area contributed by atoms with E-state index in [1.807, 2.05) is 6.92 Å². The third-order valence-electron chi connectivity index (χ3n) is 2.71. The number of halogens is 1. The van der Waals surface area contributed by atoms with Crippen molar-refractivity contribution in [2.24, 2.45) is 0 Å². The van der Waals surface area contributed by atoms with Crippen molar-refractivity contribution in [2.45, 2.75) is 6.92 Å². The molecule has 98 valence electrons. The summed E-state index contributed by atoms with van der Waals surface area (Å²) in [5, 5.41) is 0. The van der Waals surface area contributed by atoms with Gasteiger partial charge in [-0.05, 0) is 43.3 Å². The van der Waals surface area contributed by atoms with Crippen LogP contribution in [0.2, 0.25) is 0 Å². The van der Waals surface area contributed by atoms with Gasteiger partial charge in [0, 0.05) is 17.9 Å². The minimum absolute atomic E-state index is 0.208. The maximum Gasteiger partial charge on any atom is 0.276 e. The molecule has 2 rings (SSSR count). The maximum absolute atomic E-state index is 12.8. The van der Waals surface area contributed by atoms with Crippen LogP contribution in [0.4, 0.5) is 15.8 Å². The average molecular weight is 259 g/mol. The summed E-state index contributed by atoms with van der Waals surface area (Å²) < 4.78 is 12.8. The molecule has 1 amide bonds. The number of carbonyl (C=O) groups is 1. The third kappa shape index (κ3) is 2.88. The molecule has 19 heavy (non-hydrogen) atoms. The predicted octanol–water partition coefficient (Wildman–Crippen LogP) is 2.47. The van der Waals surface area contributed by atoms with Crippen LogP contribution in [0.15, 0.2) is 42.6 Å². The third-order valence-corrected chi connectivity index (χ3v) is 2.71. The van der Waals surface area contributed by atoms with Crippen LogP contribution in [-0.4, -0.2) is 17.4 Å². The van der Waals surface area contributed by atoms with Gasteiger partial charge >= 0.3 is 0 Å². The topological polar surface area (TPSA) is 59.2 Å². The molecule has 0 radical (unpaired) electrons. The zero-order valence-corrected chi connectivity index (χ0v) is 10.5. The zero-order chi connectivity index (χ0) is 13.8. The number of benzene rings is 1. The minimum atomic E-state index is -0.466. The molecule has 1 aromatic carbocycles. The van der Waals surface area contributed by atoms with Crippen LogP contribution in [0.3, 0.4) is 0 Å². The molecule has 0 aliphatic rings. The van der Waals surface area contributed by atoms with Crippen molar-refractivity contribution in [3.63, 3.8) is 0 Å². The first-order valence-electron chi connectivity index (χ1n) is 5.90. The second kappa shape index (κ2) is 5.48. The van der Waals surface area contributed by atoms with Crippen LogP contribution < -0.4 is 10.6 Å². The smallest absolute Gasteiger partial charge is 0.276 e. The van der Waals surface area contributed by atoms with Gasteiger partial charge in [-0.1, -0.05) is 0 Å². The van der Waals surface area contributed by atoms with Gasteiger partial charge in [0.2, 0.25) is 0 Å². The molecule has 0 spiro atoms. The number of hydrogen-bond acceptors (Lipinski definition) is 3. The lowest BCUT2D eigenvalue weighted by molar-refractivity contribution is 0.0983. The Hall–Kier alpha value is -2.43. The molecule has 2 N–H and O–H groups in total. The first-order chi connectivity index (χ1) is 9.11. The van der Waals surface area contributed by atoms with Gasteiger partial charge in [-0.15, -0.1) is 0 Å². The van der Waals surface area contributed by atoms with Crippen LogP contribution in [0.25, 0.3) is 0 Å². The molecule has 2 aromatic rings. The fourth-order valence-electron chi connectivity index (χ4n) is 1.74. The number of pyridine rings is 1. The van der Waals surface area contributed by atoms with Gasteiger partial charge in [0.1, 0.15) is 11.5 Å². The normalized spacial score (nSPS) is 10.2. The fraction of sp³-hybridized carbons (Fsp3) is 0.143. The summed E-state index contributed by atoms with van der Waals surface area (Å²) in [6.07, 6.45) is 1.03. The van der Waals surface area contributed by atoms with E-state index in [4.69, 9.17) is 5.73 Å². The summed E-state index contributed by atoms with van der Waals surface area (Å²) >= 11 is 0. The van der Waals surface area contributed by atoms with Gasteiger partial charge in [-0.2, -0.15) is 0 Å². The van der Waals surface area contributed by atoms with Crippen LogP contribution in [0, 0.1) is 5.82 Å². The number of carbonyl (C=O) groups excluding carboxylic acids is 1. The zero-order valence-electron chi connectivity index (χ0n) is 10.5. The maximum atomic E-state index is 12.8. The molecule has 0 aliphatic heterocycles. The molecule has 5 heteroatoms. The van der Waals surface area contributed by atoms with Gasteiger partial charge in [-0.3, -0.25) is 4.79 Å². The number of nitrogens with zero attached hydrogens (tertiary/aromatic N) is 2. The Labute approximate surface area is 110 Å². The van der Waals surface area contributed by atoms with E-state index in [1.54, 1.807) is 29.2 Å². The Bertz CT molecular complexity index is 566. The highest BCUT2D eigenvalue weighted by Gasteiger charge is 2.17. The molecule has 0 saturated carbocycles. The fourth-order valence-corrected chi connectivity index (χ4v) is 1.74. The number of hydrogen-bond donors (Lipinski definition) is 1. The van der Waals surface area contributed by atoms with E-state index in [-0.39, 0.29) is 11.6 Å². The van der Waals surface area contributed by atoms with Gasteiger partial charge in [-0.25, -0.2) is 9.37 Å². The van der Waals surface area contributed by atoms with Gasteiger partial charge in [0.15, 0.2) is 0 Å². The number of anilines is 2. The number of nitrogen functional groups attached to an aromatic ring is 1. The van der Waals surface area contributed by atoms with Crippen LogP contribution in [-0.2, 0) is 0 Å². The van der Waals surface area contributed by atoms with Crippen molar-refractivity contribution in [1.29, 1.82) is 0 Å². The number of rotatable bonds is 3. The molecule has 0 aliphatic carbocycles. The summed E-state index contributed by atoms with van der Waals surface area (Å²) in [6.45, 7) is 2.35. The first-order valence-corrected chi connectivity index (χ1v) is 5.90. The molecule has 0 bridgehead atoms. The van der Waals surface area contributed by atoms with Gasteiger partial charge in [0.05, 0.1) is 6.20 Å². The second-order valence-electron chi connectivity index (χ2n) is 4.00. The largest absolute Gasteiger partial charge is 0.399 e. The summed E-state index contributed by atoms with van der Waals surface area (Å²) in [6, 6.07) is 9.57. The van der Waals surface area contributed by atoms with Crippen molar-refractivity contribution in [3.05, 3.63) is 54.1 Å². The molecule has 4 nitrogen and oxygen atoms in total. The summed E-state index contributed by atoms with van der Waals surface area (Å²) in [5.41, 5.74) is 7.18. The van der Waals surface area contributed by atoms with E-state index in [9.17, 15) is 9.18 Å². The lowest BCUT2D eigenvalue weighted by atomic mass is 10.2. The molecule has 1 aromatic heterocycles. The van der Waals surface area contributed by atoms with Crippen molar-refractivity contribution in [1.82, 2.24) is 4.98 Å². The Balaban J connectivity index is 2.29. The van der Waals surface area contributed by atoms with Crippen LogP contribution >= 0.6 is 0 Å². The molecule has 0 fully saturated rings. The highest BCUT2D eigenvalue weighted by Crippen LogP contribution is 2.18. The molecule has 0 atom stereocenters. The number of aromatic nitrogens is 1. The average Bonchev–Trinajstić information content (AvgIpc) is 2.42. The molecule has 0 unspecified atom stereocenters. The lowest BCUT2D eigenvalue weighted by Gasteiger charge is -2.20. The van der Waals surface area contributed by atoms with E-state index in [1.165, 1.54) is 12.1 Å². The van der Waals surface area contributed by atoms with Crippen molar-refractivity contribution >= 4 is 17.3 Å². The highest BCUT2D eigenvalue weighted by atomic mass is 19.1. The Morgan fingerprint density at radius 3 is 2.47 bits per heavy atom. The van der Waals surface area contributed by atoms with E-state index in [2.05, 4.69) is 4.98 Å². The molecule has 0 saturated heterocycles. The molecule has 1 heterocycles. The monoisotopic (exact) mass is 259 g/mol. The Kier molecular flexibility index (Phi) is 3.75. The molecular weight excluding hydrogens is 245 g/mol. The van der Waals surface area contributed by atoms with E-state index in [0.29, 0.717) is 12.2 Å². The number of nitrogens with two attached hydrogens (primary N) is 1. The van der Waals surface area contributed by atoms with Crippen molar-refractivity contribution in [2.75, 3.05) is 17.2 Å². The molecular formula is C14H14FN3O. The van der Waals surface area contributed by atoms with Crippen molar-refractivity contribution in [3.8, 4) is 0 Å². The van der Waals surface area contributed by atoms with Crippen LogP contribution in [0.1, 0.15) is 17.4 Å². The minimum Gasteiger partial charge on any atom is -0.399 e.